The predicted molar refractivity (Wildman–Crippen MR) is 89.7 cm³/mol. The van der Waals surface area contributed by atoms with Gasteiger partial charge in [-0.15, -0.1) is 11.3 Å². The Bertz CT molecular complexity index is 741. The molecule has 0 spiro atoms. The van der Waals surface area contributed by atoms with Crippen LogP contribution in [-0.2, 0) is 6.54 Å². The van der Waals surface area contributed by atoms with E-state index in [1.165, 1.54) is 17.4 Å². The van der Waals surface area contributed by atoms with Crippen LogP contribution in [0.2, 0.25) is 0 Å². The number of halogens is 1. The summed E-state index contributed by atoms with van der Waals surface area (Å²) >= 11 is 1.54. The fourth-order valence-electron chi connectivity index (χ4n) is 2.58. The summed E-state index contributed by atoms with van der Waals surface area (Å²) in [6, 6.07) is 6.66. The van der Waals surface area contributed by atoms with Crippen molar-refractivity contribution in [1.29, 1.82) is 0 Å². The molecule has 6 heteroatoms. The molecule has 0 atom stereocenters. The SMILES string of the molecule is Cc1ncsc1CNC(=O)N1CC=C(c2ccccc2F)CC1. The average Bonchev–Trinajstić information content (AvgIpc) is 2.98. The lowest BCUT2D eigenvalue weighted by molar-refractivity contribution is 0.202. The van der Waals surface area contributed by atoms with Gasteiger partial charge in [-0.1, -0.05) is 24.3 Å². The number of nitrogens with one attached hydrogen (secondary N) is 1. The maximum Gasteiger partial charge on any atom is 0.317 e. The number of thiazole rings is 1. The van der Waals surface area contributed by atoms with Crippen molar-refractivity contribution in [2.24, 2.45) is 0 Å². The fourth-order valence-corrected chi connectivity index (χ4v) is 3.30. The zero-order valence-electron chi connectivity index (χ0n) is 12.9. The van der Waals surface area contributed by atoms with Crippen molar-refractivity contribution < 1.29 is 9.18 Å². The van der Waals surface area contributed by atoms with Gasteiger partial charge in [0.15, 0.2) is 0 Å². The fraction of sp³-hybridized carbons (Fsp3) is 0.294. The van der Waals surface area contributed by atoms with Crippen molar-refractivity contribution in [1.82, 2.24) is 15.2 Å². The van der Waals surface area contributed by atoms with Crippen molar-refractivity contribution in [2.45, 2.75) is 19.9 Å². The van der Waals surface area contributed by atoms with Gasteiger partial charge in [0, 0.05) is 23.5 Å². The Balaban J connectivity index is 1.59. The zero-order chi connectivity index (χ0) is 16.2. The van der Waals surface area contributed by atoms with Crippen LogP contribution in [0.3, 0.4) is 0 Å². The largest absolute Gasteiger partial charge is 0.333 e. The molecule has 120 valence electrons. The van der Waals surface area contributed by atoms with Gasteiger partial charge in [0.05, 0.1) is 17.7 Å². The highest BCUT2D eigenvalue weighted by molar-refractivity contribution is 7.09. The molecule has 2 amide bonds. The highest BCUT2D eigenvalue weighted by atomic mass is 32.1. The molecule has 0 fully saturated rings. The number of rotatable bonds is 3. The van der Waals surface area contributed by atoms with E-state index in [1.54, 1.807) is 22.5 Å². The van der Waals surface area contributed by atoms with Gasteiger partial charge in [0.1, 0.15) is 5.82 Å². The lowest BCUT2D eigenvalue weighted by Gasteiger charge is -2.27. The van der Waals surface area contributed by atoms with E-state index in [2.05, 4.69) is 10.3 Å². The molecular formula is C17H18FN3OS. The molecular weight excluding hydrogens is 313 g/mol. The summed E-state index contributed by atoms with van der Waals surface area (Å²) in [4.78, 5) is 19.2. The van der Waals surface area contributed by atoms with Gasteiger partial charge in [-0.05, 0) is 25.0 Å². The van der Waals surface area contributed by atoms with E-state index in [0.717, 1.165) is 16.1 Å². The molecule has 1 N–H and O–H groups in total. The van der Waals surface area contributed by atoms with Gasteiger partial charge < -0.3 is 10.2 Å². The van der Waals surface area contributed by atoms with Crippen LogP contribution in [0.15, 0.2) is 35.9 Å². The van der Waals surface area contributed by atoms with Crippen LogP contribution in [0.4, 0.5) is 9.18 Å². The molecule has 2 aromatic rings. The van der Waals surface area contributed by atoms with E-state index in [1.807, 2.05) is 19.1 Å². The standard InChI is InChI=1S/C17H18FN3OS/c1-12-16(23-11-20-12)10-19-17(22)21-8-6-13(7-9-21)14-4-2-3-5-15(14)18/h2-6,11H,7-10H2,1H3,(H,19,22). The predicted octanol–water partition coefficient (Wildman–Crippen LogP) is 3.59. The van der Waals surface area contributed by atoms with Crippen molar-refractivity contribution >= 4 is 22.9 Å². The number of hydrogen-bond donors (Lipinski definition) is 1. The third-order valence-electron chi connectivity index (χ3n) is 3.96. The second-order valence-electron chi connectivity index (χ2n) is 5.42. The number of urea groups is 1. The summed E-state index contributed by atoms with van der Waals surface area (Å²) in [7, 11) is 0. The molecule has 1 aliphatic heterocycles. The summed E-state index contributed by atoms with van der Waals surface area (Å²) in [6.45, 7) is 3.52. The van der Waals surface area contributed by atoms with E-state index in [4.69, 9.17) is 0 Å². The van der Waals surface area contributed by atoms with Gasteiger partial charge in [-0.2, -0.15) is 0 Å². The highest BCUT2D eigenvalue weighted by Gasteiger charge is 2.19. The topological polar surface area (TPSA) is 45.2 Å². The van der Waals surface area contributed by atoms with E-state index >= 15 is 0 Å². The van der Waals surface area contributed by atoms with E-state index in [0.29, 0.717) is 31.6 Å². The molecule has 0 saturated carbocycles. The van der Waals surface area contributed by atoms with Crippen LogP contribution in [0, 0.1) is 12.7 Å². The number of aromatic nitrogens is 1. The summed E-state index contributed by atoms with van der Waals surface area (Å²) in [5, 5.41) is 2.92. The third-order valence-corrected chi connectivity index (χ3v) is 4.90. The number of aryl methyl sites for hydroxylation is 1. The number of carbonyl (C=O) groups excluding carboxylic acids is 1. The van der Waals surface area contributed by atoms with Crippen LogP contribution in [-0.4, -0.2) is 29.0 Å². The first-order valence-corrected chi connectivity index (χ1v) is 8.39. The van der Waals surface area contributed by atoms with E-state index < -0.39 is 0 Å². The molecule has 23 heavy (non-hydrogen) atoms. The minimum absolute atomic E-state index is 0.0957. The minimum atomic E-state index is -0.211. The summed E-state index contributed by atoms with van der Waals surface area (Å²) in [6.07, 6.45) is 2.59. The Labute approximate surface area is 138 Å². The average molecular weight is 331 g/mol. The Morgan fingerprint density at radius 2 is 2.26 bits per heavy atom. The lowest BCUT2D eigenvalue weighted by Crippen LogP contribution is -2.41. The van der Waals surface area contributed by atoms with Crippen molar-refractivity contribution in [3.63, 3.8) is 0 Å². The third kappa shape index (κ3) is 3.59. The molecule has 0 bridgehead atoms. The van der Waals surface area contributed by atoms with Crippen LogP contribution < -0.4 is 5.32 Å². The normalized spacial score (nSPS) is 14.5. The number of nitrogens with zero attached hydrogens (tertiary/aromatic N) is 2. The first kappa shape index (κ1) is 15.7. The van der Waals surface area contributed by atoms with E-state index in [9.17, 15) is 9.18 Å². The van der Waals surface area contributed by atoms with E-state index in [-0.39, 0.29) is 11.8 Å². The Kier molecular flexibility index (Phi) is 4.71. The molecule has 1 aromatic heterocycles. The Hall–Kier alpha value is -2.21. The van der Waals surface area contributed by atoms with Gasteiger partial charge >= 0.3 is 6.03 Å². The number of hydrogen-bond acceptors (Lipinski definition) is 3. The highest BCUT2D eigenvalue weighted by Crippen LogP contribution is 2.24. The second kappa shape index (κ2) is 6.91. The van der Waals surface area contributed by atoms with Crippen LogP contribution in [0.5, 0.6) is 0 Å². The number of benzene rings is 1. The minimum Gasteiger partial charge on any atom is -0.333 e. The zero-order valence-corrected chi connectivity index (χ0v) is 13.7. The number of carbonyl (C=O) groups is 1. The lowest BCUT2D eigenvalue weighted by atomic mass is 9.99. The molecule has 0 saturated heterocycles. The van der Waals surface area contributed by atoms with Crippen molar-refractivity contribution in [3.05, 3.63) is 57.8 Å². The summed E-state index contributed by atoms with van der Waals surface area (Å²) in [5.74, 6) is -0.211. The first-order valence-electron chi connectivity index (χ1n) is 7.51. The Morgan fingerprint density at radius 1 is 1.43 bits per heavy atom. The first-order chi connectivity index (χ1) is 11.1. The summed E-state index contributed by atoms with van der Waals surface area (Å²) in [5.41, 5.74) is 4.33. The van der Waals surface area contributed by atoms with Crippen LogP contribution in [0.25, 0.3) is 5.57 Å². The van der Waals surface area contributed by atoms with Crippen LogP contribution in [0.1, 0.15) is 22.6 Å². The molecule has 0 radical (unpaired) electrons. The maximum absolute atomic E-state index is 13.8. The van der Waals surface area contributed by atoms with Gasteiger partial charge in [-0.25, -0.2) is 14.2 Å². The van der Waals surface area contributed by atoms with Crippen molar-refractivity contribution in [2.75, 3.05) is 13.1 Å². The molecule has 1 aromatic carbocycles. The van der Waals surface area contributed by atoms with Crippen molar-refractivity contribution in [3.8, 4) is 0 Å². The molecule has 0 aliphatic carbocycles. The molecule has 2 heterocycles. The monoisotopic (exact) mass is 331 g/mol. The Morgan fingerprint density at radius 3 is 2.91 bits per heavy atom. The van der Waals surface area contributed by atoms with Gasteiger partial charge in [0.2, 0.25) is 0 Å². The maximum atomic E-state index is 13.8. The smallest absolute Gasteiger partial charge is 0.317 e. The van der Waals surface area contributed by atoms with Crippen LogP contribution >= 0.6 is 11.3 Å². The quantitative estimate of drug-likeness (QED) is 0.934. The molecule has 0 unspecified atom stereocenters. The molecule has 4 nitrogen and oxygen atoms in total. The second-order valence-corrected chi connectivity index (χ2v) is 6.36. The summed E-state index contributed by atoms with van der Waals surface area (Å²) < 4.78 is 13.8. The molecule has 1 aliphatic rings. The molecule has 3 rings (SSSR count). The van der Waals surface area contributed by atoms with Gasteiger partial charge in [0.25, 0.3) is 0 Å². The number of amides is 2. The van der Waals surface area contributed by atoms with Gasteiger partial charge in [-0.3, -0.25) is 0 Å².